The minimum Gasteiger partial charge on any atom is -0.393 e. The second kappa shape index (κ2) is 9.59. The van der Waals surface area contributed by atoms with Gasteiger partial charge >= 0.3 is 10.4 Å². The number of hydrogen-bond donors (Lipinski definition) is 3. The number of nitrogens with two attached hydrogens (primary N) is 1. The molecule has 34 heavy (non-hydrogen) atoms. The molecule has 0 heterocycles. The molecule has 0 radical (unpaired) electrons. The third-order valence-corrected chi connectivity index (χ3v) is 11.9. The average molecular weight is 500 g/mol. The van der Waals surface area contributed by atoms with Crippen LogP contribution in [0.25, 0.3) is 0 Å². The lowest BCUT2D eigenvalue weighted by Crippen LogP contribution is -2.59. The van der Waals surface area contributed by atoms with Gasteiger partial charge in [-0.2, -0.15) is 8.42 Å². The maximum atomic E-state index is 11.4. The van der Waals surface area contributed by atoms with E-state index in [1.165, 1.54) is 32.1 Å². The van der Waals surface area contributed by atoms with E-state index in [4.69, 9.17) is 9.92 Å². The van der Waals surface area contributed by atoms with Crippen molar-refractivity contribution in [3.8, 4) is 0 Å². The lowest BCUT2D eigenvalue weighted by molar-refractivity contribution is -0.166. The molecule has 0 amide bonds. The van der Waals surface area contributed by atoms with E-state index in [-0.39, 0.29) is 17.4 Å². The lowest BCUT2D eigenvalue weighted by atomic mass is 9.43. The van der Waals surface area contributed by atoms with E-state index in [9.17, 15) is 18.1 Å². The Labute approximate surface area is 207 Å². The second-order valence-corrected chi connectivity index (χ2v) is 14.5. The predicted molar refractivity (Wildman–Crippen MR) is 134 cm³/mol. The van der Waals surface area contributed by atoms with Gasteiger partial charge in [-0.25, -0.2) is 4.18 Å². The molecule has 7 heteroatoms. The molecule has 11 atom stereocenters. The van der Waals surface area contributed by atoms with Crippen molar-refractivity contribution < 1.29 is 22.3 Å². The molecule has 6 nitrogen and oxygen atoms in total. The van der Waals surface area contributed by atoms with Crippen molar-refractivity contribution in [1.29, 1.82) is 0 Å². The third kappa shape index (κ3) is 4.85. The molecular weight excluding hydrogens is 450 g/mol. The fraction of sp³-hybridized carbons (Fsp3) is 1.00. The minimum absolute atomic E-state index is 0.0196. The summed E-state index contributed by atoms with van der Waals surface area (Å²) in [5.41, 5.74) is 6.89. The summed E-state index contributed by atoms with van der Waals surface area (Å²) in [7, 11) is -4.44. The van der Waals surface area contributed by atoms with Crippen molar-refractivity contribution in [2.45, 2.75) is 117 Å². The molecule has 4 rings (SSSR count). The SMILES string of the molecule is CC(C)[C@@H](CC[C@@H](C)C1CCC2C3C(CC[C@@]21C)[C@@]1(C)CC[C@H](N)C[C@@H]1C[C@H]3O)OS(=O)(=O)O. The Morgan fingerprint density at radius 1 is 0.971 bits per heavy atom. The van der Waals surface area contributed by atoms with Crippen LogP contribution in [0.2, 0.25) is 0 Å². The van der Waals surface area contributed by atoms with Gasteiger partial charge in [0, 0.05) is 6.04 Å². The zero-order chi connectivity index (χ0) is 25.1. The first-order valence-corrected chi connectivity index (χ1v) is 15.2. The fourth-order valence-corrected chi connectivity index (χ4v) is 10.1. The number of hydrogen-bond acceptors (Lipinski definition) is 5. The van der Waals surface area contributed by atoms with Crippen molar-refractivity contribution in [1.82, 2.24) is 0 Å². The largest absolute Gasteiger partial charge is 0.397 e. The van der Waals surface area contributed by atoms with Gasteiger partial charge in [0.25, 0.3) is 0 Å². The Kier molecular flexibility index (Phi) is 7.57. The fourth-order valence-electron chi connectivity index (χ4n) is 9.51. The van der Waals surface area contributed by atoms with Crippen LogP contribution >= 0.6 is 0 Å². The minimum atomic E-state index is -4.44. The smallest absolute Gasteiger partial charge is 0.393 e. The number of aliphatic hydroxyl groups is 1. The van der Waals surface area contributed by atoms with Crippen molar-refractivity contribution in [3.63, 3.8) is 0 Å². The van der Waals surface area contributed by atoms with Gasteiger partial charge in [0.05, 0.1) is 12.2 Å². The van der Waals surface area contributed by atoms with E-state index in [0.717, 1.165) is 25.7 Å². The van der Waals surface area contributed by atoms with Crippen molar-refractivity contribution >= 4 is 10.4 Å². The van der Waals surface area contributed by atoms with E-state index in [0.29, 0.717) is 53.4 Å². The van der Waals surface area contributed by atoms with E-state index in [1.54, 1.807) is 0 Å². The molecular formula is C27H49NO5S. The van der Waals surface area contributed by atoms with Crippen LogP contribution in [0, 0.1) is 52.3 Å². The van der Waals surface area contributed by atoms with Gasteiger partial charge in [0.2, 0.25) is 0 Å². The summed E-state index contributed by atoms with van der Waals surface area (Å²) in [6.07, 6.45) is 9.95. The van der Waals surface area contributed by atoms with Crippen LogP contribution in [0.15, 0.2) is 0 Å². The van der Waals surface area contributed by atoms with Gasteiger partial charge < -0.3 is 10.8 Å². The van der Waals surface area contributed by atoms with Gasteiger partial charge in [0.1, 0.15) is 0 Å². The Balaban J connectivity index is 1.47. The topological polar surface area (TPSA) is 110 Å². The van der Waals surface area contributed by atoms with E-state index in [1.807, 2.05) is 13.8 Å². The summed E-state index contributed by atoms with van der Waals surface area (Å²) in [5.74, 6) is 3.18. The highest BCUT2D eigenvalue weighted by Gasteiger charge is 2.62. The maximum Gasteiger partial charge on any atom is 0.397 e. The monoisotopic (exact) mass is 499 g/mol. The summed E-state index contributed by atoms with van der Waals surface area (Å²) < 4.78 is 36.8. The van der Waals surface area contributed by atoms with Crippen LogP contribution in [0.5, 0.6) is 0 Å². The number of rotatable bonds is 7. The molecule has 4 fully saturated rings. The highest BCUT2D eigenvalue weighted by molar-refractivity contribution is 7.80. The molecule has 0 aromatic rings. The maximum absolute atomic E-state index is 11.4. The third-order valence-electron chi connectivity index (χ3n) is 11.4. The number of fused-ring (bicyclic) bond motifs is 5. The van der Waals surface area contributed by atoms with Crippen molar-refractivity contribution in [2.24, 2.45) is 58.0 Å². The molecule has 4 saturated carbocycles. The first kappa shape index (κ1) is 26.8. The molecule has 0 aliphatic heterocycles. The Morgan fingerprint density at radius 2 is 1.62 bits per heavy atom. The molecule has 4 N–H and O–H groups in total. The quantitative estimate of drug-likeness (QED) is 0.415. The van der Waals surface area contributed by atoms with Crippen LogP contribution in [-0.4, -0.2) is 36.3 Å². The van der Waals surface area contributed by atoms with Gasteiger partial charge in [-0.05, 0) is 116 Å². The Bertz CT molecular complexity index is 833. The van der Waals surface area contributed by atoms with E-state index >= 15 is 0 Å². The first-order chi connectivity index (χ1) is 15.8. The zero-order valence-electron chi connectivity index (χ0n) is 21.9. The molecule has 198 valence electrons. The molecule has 0 bridgehead atoms. The Morgan fingerprint density at radius 3 is 2.26 bits per heavy atom. The molecule has 4 aliphatic rings. The number of aliphatic hydroxyl groups excluding tert-OH is 1. The highest BCUT2D eigenvalue weighted by atomic mass is 32.3. The molecule has 0 saturated heterocycles. The second-order valence-electron chi connectivity index (χ2n) is 13.4. The van der Waals surface area contributed by atoms with E-state index < -0.39 is 16.5 Å². The summed E-state index contributed by atoms with van der Waals surface area (Å²) in [4.78, 5) is 0. The molecule has 0 aromatic heterocycles. The van der Waals surface area contributed by atoms with Crippen LogP contribution in [0.3, 0.4) is 0 Å². The lowest BCUT2D eigenvalue weighted by Gasteiger charge is -2.62. The van der Waals surface area contributed by atoms with Gasteiger partial charge in [0.15, 0.2) is 0 Å². The van der Waals surface area contributed by atoms with Crippen LogP contribution in [0.1, 0.15) is 98.8 Å². The average Bonchev–Trinajstić information content (AvgIpc) is 3.08. The molecule has 4 unspecified atom stereocenters. The van der Waals surface area contributed by atoms with Gasteiger partial charge in [-0.3, -0.25) is 4.55 Å². The molecule has 0 aromatic carbocycles. The van der Waals surface area contributed by atoms with Crippen molar-refractivity contribution in [3.05, 3.63) is 0 Å². The normalized spacial score (nSPS) is 46.4. The summed E-state index contributed by atoms with van der Waals surface area (Å²) in [6, 6.07) is 0.298. The van der Waals surface area contributed by atoms with Gasteiger partial charge in [-0.1, -0.05) is 34.6 Å². The standard InChI is InChI=1S/C27H49NO5S/c1-16(2)24(33-34(30,31)32)9-6-17(3)20-7-8-21-25-22(11-13-27(20,21)5)26(4)12-10-19(28)14-18(26)15-23(25)29/h16-25,29H,6-15,28H2,1-5H3,(H,30,31,32)/t17-,18-,19+,20?,21?,22?,23-,24-,25?,26+,27-/m1/s1. The first-order valence-electron chi connectivity index (χ1n) is 13.9. The zero-order valence-corrected chi connectivity index (χ0v) is 22.8. The Hall–Kier alpha value is -0.210. The van der Waals surface area contributed by atoms with Crippen molar-refractivity contribution in [2.75, 3.05) is 0 Å². The molecule has 0 spiro atoms. The highest BCUT2D eigenvalue weighted by Crippen LogP contribution is 2.68. The summed E-state index contributed by atoms with van der Waals surface area (Å²) >= 11 is 0. The van der Waals surface area contributed by atoms with Gasteiger partial charge in [-0.15, -0.1) is 0 Å². The summed E-state index contributed by atoms with van der Waals surface area (Å²) in [5, 5.41) is 11.4. The summed E-state index contributed by atoms with van der Waals surface area (Å²) in [6.45, 7) is 11.2. The molecule has 4 aliphatic carbocycles. The van der Waals surface area contributed by atoms with Crippen LogP contribution in [-0.2, 0) is 14.6 Å². The van der Waals surface area contributed by atoms with Crippen LogP contribution in [0.4, 0.5) is 0 Å². The van der Waals surface area contributed by atoms with E-state index in [2.05, 4.69) is 20.8 Å². The predicted octanol–water partition coefficient (Wildman–Crippen LogP) is 5.20. The van der Waals surface area contributed by atoms with Crippen LogP contribution < -0.4 is 5.73 Å².